The molecule has 2 amide bonds. The molecular weight excluding hydrogens is 388 g/mol. The Morgan fingerprint density at radius 1 is 1.34 bits per heavy atom. The molecule has 29 heavy (non-hydrogen) atoms. The number of carbonyl (C=O) groups excluding carboxylic acids is 2. The number of thioether (sulfide) groups is 1. The molecule has 0 saturated carbocycles. The highest BCUT2D eigenvalue weighted by Crippen LogP contribution is 2.37. The quantitative estimate of drug-likeness (QED) is 0.662. The van der Waals surface area contributed by atoms with Gasteiger partial charge in [0.25, 0.3) is 5.91 Å². The lowest BCUT2D eigenvalue weighted by Crippen LogP contribution is -2.32. The standard InChI is InChI=1S/C21H26N4O3S/c1-6-23-19(26)14(5)29-20-15(12-22)18(16-10-9-11-28-16)17(13(4)24-20)21(27)25(7-2)8-3/h9-11,14H,6-8H2,1-5H3,(H,23,26)/t14-/m0/s1. The summed E-state index contributed by atoms with van der Waals surface area (Å²) in [5.41, 5.74) is 1.52. The van der Waals surface area contributed by atoms with Crippen LogP contribution in [0.2, 0.25) is 0 Å². The van der Waals surface area contributed by atoms with Crippen molar-refractivity contribution in [2.24, 2.45) is 0 Å². The number of nitriles is 1. The maximum Gasteiger partial charge on any atom is 0.256 e. The number of aryl methyl sites for hydroxylation is 1. The Morgan fingerprint density at radius 2 is 2.03 bits per heavy atom. The SMILES string of the molecule is CCNC(=O)[C@H](C)Sc1nc(C)c(C(=O)N(CC)CC)c(-c2ccco2)c1C#N. The molecule has 0 aliphatic rings. The molecule has 1 N–H and O–H groups in total. The third kappa shape index (κ3) is 4.80. The number of rotatable bonds is 8. The summed E-state index contributed by atoms with van der Waals surface area (Å²) in [7, 11) is 0. The van der Waals surface area contributed by atoms with Gasteiger partial charge in [0.05, 0.1) is 33.9 Å². The van der Waals surface area contributed by atoms with Gasteiger partial charge in [-0.1, -0.05) is 11.8 Å². The minimum atomic E-state index is -0.442. The van der Waals surface area contributed by atoms with Gasteiger partial charge in [-0.15, -0.1) is 0 Å². The molecule has 8 heteroatoms. The van der Waals surface area contributed by atoms with Crippen molar-refractivity contribution in [1.29, 1.82) is 5.26 Å². The lowest BCUT2D eigenvalue weighted by Gasteiger charge is -2.22. The normalized spacial score (nSPS) is 11.6. The van der Waals surface area contributed by atoms with Crippen LogP contribution in [0.1, 0.15) is 49.3 Å². The number of aromatic nitrogens is 1. The second-order valence-corrected chi connectivity index (χ2v) is 7.68. The highest BCUT2D eigenvalue weighted by atomic mass is 32.2. The molecule has 0 unspecified atom stereocenters. The van der Waals surface area contributed by atoms with E-state index in [9.17, 15) is 14.9 Å². The summed E-state index contributed by atoms with van der Waals surface area (Å²) in [4.78, 5) is 31.6. The number of pyridine rings is 1. The first-order chi connectivity index (χ1) is 13.9. The number of amides is 2. The Morgan fingerprint density at radius 3 is 2.55 bits per heavy atom. The van der Waals surface area contributed by atoms with E-state index in [0.29, 0.717) is 47.2 Å². The third-order valence-corrected chi connectivity index (χ3v) is 5.58. The van der Waals surface area contributed by atoms with Gasteiger partial charge in [-0.3, -0.25) is 9.59 Å². The van der Waals surface area contributed by atoms with Crippen molar-refractivity contribution < 1.29 is 14.0 Å². The summed E-state index contributed by atoms with van der Waals surface area (Å²) in [6.45, 7) is 10.8. The van der Waals surface area contributed by atoms with E-state index in [1.54, 1.807) is 30.9 Å². The van der Waals surface area contributed by atoms with Gasteiger partial charge < -0.3 is 14.6 Å². The minimum Gasteiger partial charge on any atom is -0.464 e. The lowest BCUT2D eigenvalue weighted by atomic mass is 9.98. The second-order valence-electron chi connectivity index (χ2n) is 6.35. The van der Waals surface area contributed by atoms with Crippen molar-refractivity contribution in [2.75, 3.05) is 19.6 Å². The van der Waals surface area contributed by atoms with Crippen LogP contribution in [0.4, 0.5) is 0 Å². The number of hydrogen-bond donors (Lipinski definition) is 1. The first kappa shape index (κ1) is 22.5. The zero-order valence-electron chi connectivity index (χ0n) is 17.4. The van der Waals surface area contributed by atoms with Gasteiger partial charge in [0.15, 0.2) is 0 Å². The Balaban J connectivity index is 2.68. The molecule has 154 valence electrons. The number of furan rings is 1. The zero-order valence-corrected chi connectivity index (χ0v) is 18.2. The fourth-order valence-corrected chi connectivity index (χ4v) is 3.98. The molecule has 0 aromatic carbocycles. The maximum atomic E-state index is 13.2. The van der Waals surface area contributed by atoms with Crippen LogP contribution in [0.3, 0.4) is 0 Å². The average molecular weight is 415 g/mol. The number of carbonyl (C=O) groups is 2. The second kappa shape index (κ2) is 10.1. The summed E-state index contributed by atoms with van der Waals surface area (Å²) in [5.74, 6) is 0.0926. The minimum absolute atomic E-state index is 0.135. The fourth-order valence-electron chi connectivity index (χ4n) is 3.00. The van der Waals surface area contributed by atoms with E-state index in [-0.39, 0.29) is 17.4 Å². The summed E-state index contributed by atoms with van der Waals surface area (Å²) < 4.78 is 5.56. The van der Waals surface area contributed by atoms with Crippen LogP contribution in [-0.2, 0) is 4.79 Å². The van der Waals surface area contributed by atoms with Crippen LogP contribution in [0, 0.1) is 18.3 Å². The molecule has 2 rings (SSSR count). The van der Waals surface area contributed by atoms with Crippen LogP contribution < -0.4 is 5.32 Å². The van der Waals surface area contributed by atoms with Gasteiger partial charge in [0, 0.05) is 19.6 Å². The van der Waals surface area contributed by atoms with E-state index in [1.807, 2.05) is 20.8 Å². The molecule has 2 aromatic rings. The molecule has 0 aliphatic heterocycles. The molecule has 0 radical (unpaired) electrons. The predicted molar refractivity (Wildman–Crippen MR) is 113 cm³/mol. The topological polar surface area (TPSA) is 99.2 Å². The van der Waals surface area contributed by atoms with Crippen molar-refractivity contribution in [3.63, 3.8) is 0 Å². The van der Waals surface area contributed by atoms with E-state index in [2.05, 4.69) is 16.4 Å². The Kier molecular flexibility index (Phi) is 7.85. The first-order valence-electron chi connectivity index (χ1n) is 9.61. The van der Waals surface area contributed by atoms with Crippen molar-refractivity contribution in [3.8, 4) is 17.4 Å². The third-order valence-electron chi connectivity index (χ3n) is 4.50. The van der Waals surface area contributed by atoms with Gasteiger partial charge in [-0.05, 0) is 46.8 Å². The Labute approximate surface area is 175 Å². The number of hydrogen-bond acceptors (Lipinski definition) is 6. The summed E-state index contributed by atoms with van der Waals surface area (Å²) in [6, 6.07) is 5.61. The van der Waals surface area contributed by atoms with Crippen molar-refractivity contribution in [1.82, 2.24) is 15.2 Å². The van der Waals surface area contributed by atoms with Crippen molar-refractivity contribution >= 4 is 23.6 Å². The molecular formula is C21H26N4O3S. The number of nitrogens with zero attached hydrogens (tertiary/aromatic N) is 3. The molecule has 0 saturated heterocycles. The summed E-state index contributed by atoms with van der Waals surface area (Å²) >= 11 is 1.20. The van der Waals surface area contributed by atoms with Crippen LogP contribution in [0.15, 0.2) is 27.8 Å². The molecule has 0 aliphatic carbocycles. The molecule has 2 aromatic heterocycles. The Bertz CT molecular complexity index is 915. The Hall–Kier alpha value is -2.79. The highest BCUT2D eigenvalue weighted by Gasteiger charge is 2.29. The van der Waals surface area contributed by atoms with Crippen LogP contribution in [-0.4, -0.2) is 46.6 Å². The first-order valence-corrected chi connectivity index (χ1v) is 10.5. The molecule has 0 spiro atoms. The number of nitrogens with one attached hydrogen (secondary N) is 1. The monoisotopic (exact) mass is 414 g/mol. The summed E-state index contributed by atoms with van der Waals surface area (Å²) in [5, 5.41) is 12.7. The molecule has 2 heterocycles. The summed E-state index contributed by atoms with van der Waals surface area (Å²) in [6.07, 6.45) is 1.50. The largest absolute Gasteiger partial charge is 0.464 e. The van der Waals surface area contributed by atoms with Crippen LogP contribution in [0.5, 0.6) is 0 Å². The van der Waals surface area contributed by atoms with E-state index in [4.69, 9.17) is 4.42 Å². The molecule has 0 bridgehead atoms. The van der Waals surface area contributed by atoms with Gasteiger partial charge in [-0.25, -0.2) is 4.98 Å². The average Bonchev–Trinajstić information content (AvgIpc) is 3.22. The van der Waals surface area contributed by atoms with Crippen LogP contribution >= 0.6 is 11.8 Å². The van der Waals surface area contributed by atoms with Crippen LogP contribution in [0.25, 0.3) is 11.3 Å². The van der Waals surface area contributed by atoms with E-state index >= 15 is 0 Å². The predicted octanol–water partition coefficient (Wildman–Crippen LogP) is 3.62. The van der Waals surface area contributed by atoms with Gasteiger partial charge >= 0.3 is 0 Å². The molecule has 0 fully saturated rings. The van der Waals surface area contributed by atoms with Gasteiger partial charge in [0.1, 0.15) is 16.9 Å². The molecule has 7 nitrogen and oxygen atoms in total. The van der Waals surface area contributed by atoms with Gasteiger partial charge in [0.2, 0.25) is 5.91 Å². The lowest BCUT2D eigenvalue weighted by molar-refractivity contribution is -0.120. The van der Waals surface area contributed by atoms with Crippen molar-refractivity contribution in [2.45, 2.75) is 44.9 Å². The van der Waals surface area contributed by atoms with E-state index in [1.165, 1.54) is 18.0 Å². The smallest absolute Gasteiger partial charge is 0.256 e. The van der Waals surface area contributed by atoms with Gasteiger partial charge in [-0.2, -0.15) is 5.26 Å². The van der Waals surface area contributed by atoms with E-state index in [0.717, 1.165) is 0 Å². The maximum absolute atomic E-state index is 13.2. The fraction of sp³-hybridized carbons (Fsp3) is 0.429. The van der Waals surface area contributed by atoms with Crippen molar-refractivity contribution in [3.05, 3.63) is 35.2 Å². The highest BCUT2D eigenvalue weighted by molar-refractivity contribution is 8.00. The van der Waals surface area contributed by atoms with E-state index < -0.39 is 5.25 Å². The molecule has 1 atom stereocenters. The zero-order chi connectivity index (χ0) is 21.6.